The molecule has 0 saturated carbocycles. The molecule has 6 nitrogen and oxygen atoms in total. The van der Waals surface area contributed by atoms with E-state index in [-0.39, 0.29) is 11.6 Å². The fourth-order valence-corrected chi connectivity index (χ4v) is 2.09. The van der Waals surface area contributed by atoms with Crippen LogP contribution in [0.25, 0.3) is 0 Å². The topological polar surface area (TPSA) is 85.1 Å². The molecule has 0 unspecified atom stereocenters. The predicted molar refractivity (Wildman–Crippen MR) is 71.2 cm³/mol. The van der Waals surface area contributed by atoms with Crippen molar-refractivity contribution in [3.05, 3.63) is 56.5 Å². The quantitative estimate of drug-likeness (QED) is 0.669. The standard InChI is InChI=1S/C12H11N3O3S/c16-12(13-6-5-10-7-19-8-14-10)9-1-3-11(4-2-9)15(17)18/h1-4,7-8H,5-6H2,(H,13,16). The van der Waals surface area contributed by atoms with Gasteiger partial charge in [0.15, 0.2) is 0 Å². The van der Waals surface area contributed by atoms with Crippen molar-refractivity contribution in [1.29, 1.82) is 0 Å². The minimum Gasteiger partial charge on any atom is -0.352 e. The van der Waals surface area contributed by atoms with Crippen LogP contribution in [0.1, 0.15) is 16.1 Å². The van der Waals surface area contributed by atoms with Crippen LogP contribution in [0.3, 0.4) is 0 Å². The van der Waals surface area contributed by atoms with Gasteiger partial charge < -0.3 is 5.32 Å². The molecule has 0 radical (unpaired) electrons. The number of thiazole rings is 1. The first-order valence-corrected chi connectivity index (χ1v) is 6.51. The van der Waals surface area contributed by atoms with Crippen molar-refractivity contribution >= 4 is 22.9 Å². The monoisotopic (exact) mass is 277 g/mol. The molecule has 0 bridgehead atoms. The van der Waals surface area contributed by atoms with Crippen LogP contribution in [0.2, 0.25) is 0 Å². The van der Waals surface area contributed by atoms with E-state index in [4.69, 9.17) is 0 Å². The van der Waals surface area contributed by atoms with Gasteiger partial charge in [0, 0.05) is 36.0 Å². The molecular formula is C12H11N3O3S. The number of carbonyl (C=O) groups is 1. The van der Waals surface area contributed by atoms with Gasteiger partial charge in [-0.1, -0.05) is 0 Å². The summed E-state index contributed by atoms with van der Waals surface area (Å²) in [6.07, 6.45) is 0.669. The van der Waals surface area contributed by atoms with Gasteiger partial charge in [-0.05, 0) is 12.1 Å². The van der Waals surface area contributed by atoms with Gasteiger partial charge in [-0.2, -0.15) is 0 Å². The molecule has 2 aromatic rings. The predicted octanol–water partition coefficient (Wildman–Crippen LogP) is 2.02. The number of hydrogen-bond acceptors (Lipinski definition) is 5. The molecule has 0 aliphatic heterocycles. The molecule has 0 aliphatic rings. The Morgan fingerprint density at radius 3 is 2.68 bits per heavy atom. The molecule has 1 aromatic heterocycles. The SMILES string of the molecule is O=C(NCCc1cscn1)c1ccc([N+](=O)[O-])cc1. The summed E-state index contributed by atoms with van der Waals surface area (Å²) >= 11 is 1.51. The van der Waals surface area contributed by atoms with E-state index in [9.17, 15) is 14.9 Å². The van der Waals surface area contributed by atoms with Gasteiger partial charge >= 0.3 is 0 Å². The van der Waals surface area contributed by atoms with Crippen molar-refractivity contribution < 1.29 is 9.72 Å². The lowest BCUT2D eigenvalue weighted by molar-refractivity contribution is -0.384. The molecule has 7 heteroatoms. The maximum absolute atomic E-state index is 11.8. The maximum Gasteiger partial charge on any atom is 0.269 e. The largest absolute Gasteiger partial charge is 0.352 e. The fourth-order valence-electron chi connectivity index (χ4n) is 1.50. The van der Waals surface area contributed by atoms with E-state index >= 15 is 0 Å². The lowest BCUT2D eigenvalue weighted by Crippen LogP contribution is -2.25. The van der Waals surface area contributed by atoms with Gasteiger partial charge in [-0.3, -0.25) is 14.9 Å². The first-order chi connectivity index (χ1) is 9.16. The number of nitro benzene ring substituents is 1. The molecule has 0 spiro atoms. The number of non-ortho nitro benzene ring substituents is 1. The van der Waals surface area contributed by atoms with Crippen molar-refractivity contribution in [3.63, 3.8) is 0 Å². The number of nitrogens with zero attached hydrogens (tertiary/aromatic N) is 2. The molecular weight excluding hydrogens is 266 g/mol. The first-order valence-electron chi connectivity index (χ1n) is 5.56. The second-order valence-corrected chi connectivity index (χ2v) is 4.51. The highest BCUT2D eigenvalue weighted by Crippen LogP contribution is 2.11. The van der Waals surface area contributed by atoms with E-state index in [1.807, 2.05) is 5.38 Å². The molecule has 1 N–H and O–H groups in total. The highest BCUT2D eigenvalue weighted by Gasteiger charge is 2.08. The Balaban J connectivity index is 1.87. The van der Waals surface area contributed by atoms with Crippen LogP contribution in [0.15, 0.2) is 35.2 Å². The summed E-state index contributed by atoms with van der Waals surface area (Å²) in [6, 6.07) is 5.51. The molecule has 19 heavy (non-hydrogen) atoms. The Hall–Kier alpha value is -2.28. The number of aromatic nitrogens is 1. The van der Waals surface area contributed by atoms with Crippen LogP contribution in [-0.4, -0.2) is 22.4 Å². The zero-order chi connectivity index (χ0) is 13.7. The number of benzene rings is 1. The summed E-state index contributed by atoms with van der Waals surface area (Å²) < 4.78 is 0. The Kier molecular flexibility index (Phi) is 4.19. The summed E-state index contributed by atoms with van der Waals surface area (Å²) in [4.78, 5) is 25.9. The molecule has 2 rings (SSSR count). The minimum absolute atomic E-state index is 0.0287. The highest BCUT2D eigenvalue weighted by molar-refractivity contribution is 7.07. The van der Waals surface area contributed by atoms with Crippen molar-refractivity contribution in [1.82, 2.24) is 10.3 Å². The van der Waals surface area contributed by atoms with Crippen LogP contribution >= 0.6 is 11.3 Å². The number of amides is 1. The average Bonchev–Trinajstić information content (AvgIpc) is 2.92. The first kappa shape index (κ1) is 13.2. The second-order valence-electron chi connectivity index (χ2n) is 3.79. The Morgan fingerprint density at radius 1 is 1.37 bits per heavy atom. The highest BCUT2D eigenvalue weighted by atomic mass is 32.1. The lowest BCUT2D eigenvalue weighted by Gasteiger charge is -2.03. The molecule has 0 saturated heterocycles. The van der Waals surface area contributed by atoms with Crippen molar-refractivity contribution in [2.24, 2.45) is 0 Å². The van der Waals surface area contributed by atoms with Crippen LogP contribution in [0.5, 0.6) is 0 Å². The van der Waals surface area contributed by atoms with Crippen molar-refractivity contribution in [3.8, 4) is 0 Å². The number of rotatable bonds is 5. The average molecular weight is 277 g/mol. The number of nitro groups is 1. The molecule has 98 valence electrons. The van der Waals surface area contributed by atoms with Crippen molar-refractivity contribution in [2.75, 3.05) is 6.54 Å². The lowest BCUT2D eigenvalue weighted by atomic mass is 10.2. The Bertz CT molecular complexity index is 566. The summed E-state index contributed by atoms with van der Waals surface area (Å²) in [6.45, 7) is 0.486. The molecule has 0 fully saturated rings. The van der Waals surface area contributed by atoms with Crippen LogP contribution in [0, 0.1) is 10.1 Å². The second kappa shape index (κ2) is 6.05. The van der Waals surface area contributed by atoms with E-state index in [1.54, 1.807) is 5.51 Å². The molecule has 1 amide bonds. The zero-order valence-electron chi connectivity index (χ0n) is 9.91. The van der Waals surface area contributed by atoms with Gasteiger partial charge in [0.25, 0.3) is 11.6 Å². The third-order valence-electron chi connectivity index (χ3n) is 2.49. The van der Waals surface area contributed by atoms with Crippen molar-refractivity contribution in [2.45, 2.75) is 6.42 Å². The Morgan fingerprint density at radius 2 is 2.11 bits per heavy atom. The summed E-state index contributed by atoms with van der Waals surface area (Å²) in [5.41, 5.74) is 3.06. The third-order valence-corrected chi connectivity index (χ3v) is 3.13. The smallest absolute Gasteiger partial charge is 0.269 e. The molecule has 1 heterocycles. The third kappa shape index (κ3) is 3.59. The summed E-state index contributed by atoms with van der Waals surface area (Å²) in [5, 5.41) is 15.2. The van der Waals surface area contributed by atoms with E-state index in [0.29, 0.717) is 18.5 Å². The van der Waals surface area contributed by atoms with Crippen LogP contribution in [-0.2, 0) is 6.42 Å². The molecule has 1 aromatic carbocycles. The fraction of sp³-hybridized carbons (Fsp3) is 0.167. The van der Waals surface area contributed by atoms with Gasteiger partial charge in [-0.25, -0.2) is 4.98 Å². The van der Waals surface area contributed by atoms with Gasteiger partial charge in [0.2, 0.25) is 0 Å². The number of carbonyl (C=O) groups excluding carboxylic acids is 1. The van der Waals surface area contributed by atoms with E-state index in [1.165, 1.54) is 35.6 Å². The maximum atomic E-state index is 11.8. The minimum atomic E-state index is -0.496. The van der Waals surface area contributed by atoms with Gasteiger partial charge in [0.05, 0.1) is 16.1 Å². The van der Waals surface area contributed by atoms with E-state index < -0.39 is 4.92 Å². The number of hydrogen-bond donors (Lipinski definition) is 1. The number of nitrogens with one attached hydrogen (secondary N) is 1. The zero-order valence-corrected chi connectivity index (χ0v) is 10.7. The molecule has 0 aliphatic carbocycles. The normalized spacial score (nSPS) is 10.1. The van der Waals surface area contributed by atoms with Gasteiger partial charge in [0.1, 0.15) is 0 Å². The van der Waals surface area contributed by atoms with Gasteiger partial charge in [-0.15, -0.1) is 11.3 Å². The summed E-state index contributed by atoms with van der Waals surface area (Å²) in [7, 11) is 0. The van der Waals surface area contributed by atoms with E-state index in [0.717, 1.165) is 5.69 Å². The van der Waals surface area contributed by atoms with Crippen LogP contribution < -0.4 is 5.32 Å². The molecule has 0 atom stereocenters. The Labute approximate surface area is 113 Å². The van der Waals surface area contributed by atoms with E-state index in [2.05, 4.69) is 10.3 Å². The van der Waals surface area contributed by atoms with Crippen LogP contribution in [0.4, 0.5) is 5.69 Å². The summed E-state index contributed by atoms with van der Waals surface area (Å²) in [5.74, 6) is -0.245.